The van der Waals surface area contributed by atoms with Crippen molar-refractivity contribution in [1.82, 2.24) is 14.9 Å². The van der Waals surface area contributed by atoms with Crippen molar-refractivity contribution in [2.24, 2.45) is 0 Å². The summed E-state index contributed by atoms with van der Waals surface area (Å²) in [5.41, 5.74) is 1.87. The third-order valence-corrected chi connectivity index (χ3v) is 3.03. The SMILES string of the molecule is CN1CCCc2oc(-c3ccccn3)nc2C1. The second-order valence-electron chi connectivity index (χ2n) is 4.45. The van der Waals surface area contributed by atoms with E-state index in [0.717, 1.165) is 43.1 Å². The van der Waals surface area contributed by atoms with Crippen LogP contribution in [0, 0.1) is 0 Å². The smallest absolute Gasteiger partial charge is 0.245 e. The van der Waals surface area contributed by atoms with Gasteiger partial charge in [-0.3, -0.25) is 4.98 Å². The van der Waals surface area contributed by atoms with E-state index in [2.05, 4.69) is 21.9 Å². The van der Waals surface area contributed by atoms with Gasteiger partial charge in [-0.25, -0.2) is 4.98 Å². The molecule has 0 N–H and O–H groups in total. The van der Waals surface area contributed by atoms with Gasteiger partial charge in [0.25, 0.3) is 0 Å². The highest BCUT2D eigenvalue weighted by Crippen LogP contribution is 2.24. The number of hydrogen-bond acceptors (Lipinski definition) is 4. The first-order chi connectivity index (χ1) is 8.33. The van der Waals surface area contributed by atoms with Gasteiger partial charge in [0, 0.05) is 19.2 Å². The molecule has 0 saturated carbocycles. The minimum absolute atomic E-state index is 0.644. The van der Waals surface area contributed by atoms with Crippen molar-refractivity contribution in [3.05, 3.63) is 35.9 Å². The van der Waals surface area contributed by atoms with E-state index in [1.807, 2.05) is 18.2 Å². The second-order valence-corrected chi connectivity index (χ2v) is 4.45. The first-order valence-electron chi connectivity index (χ1n) is 5.91. The average molecular weight is 229 g/mol. The molecule has 0 radical (unpaired) electrons. The summed E-state index contributed by atoms with van der Waals surface area (Å²) in [5.74, 6) is 1.67. The van der Waals surface area contributed by atoms with Crippen molar-refractivity contribution in [3.8, 4) is 11.6 Å². The number of oxazole rings is 1. The van der Waals surface area contributed by atoms with Gasteiger partial charge in [0.1, 0.15) is 11.5 Å². The van der Waals surface area contributed by atoms with E-state index in [0.29, 0.717) is 5.89 Å². The summed E-state index contributed by atoms with van der Waals surface area (Å²) >= 11 is 0. The molecule has 4 heteroatoms. The van der Waals surface area contributed by atoms with Crippen LogP contribution in [0.4, 0.5) is 0 Å². The van der Waals surface area contributed by atoms with Gasteiger partial charge in [-0.05, 0) is 32.1 Å². The lowest BCUT2D eigenvalue weighted by Crippen LogP contribution is -2.17. The van der Waals surface area contributed by atoms with Crippen LogP contribution in [0.2, 0.25) is 0 Å². The molecule has 0 spiro atoms. The molecule has 2 aromatic heterocycles. The fourth-order valence-electron chi connectivity index (χ4n) is 2.15. The Bertz CT molecular complexity index is 507. The van der Waals surface area contributed by atoms with Crippen LogP contribution in [0.25, 0.3) is 11.6 Å². The molecule has 3 rings (SSSR count). The lowest BCUT2D eigenvalue weighted by atomic mass is 10.2. The summed E-state index contributed by atoms with van der Waals surface area (Å²) in [6.07, 6.45) is 3.86. The minimum Gasteiger partial charge on any atom is -0.440 e. The molecule has 0 aliphatic carbocycles. The predicted octanol–water partition coefficient (Wildman–Crippen LogP) is 2.11. The zero-order valence-corrected chi connectivity index (χ0v) is 9.89. The lowest BCUT2D eigenvalue weighted by Gasteiger charge is -2.10. The topological polar surface area (TPSA) is 42.2 Å². The van der Waals surface area contributed by atoms with Gasteiger partial charge < -0.3 is 9.32 Å². The third-order valence-electron chi connectivity index (χ3n) is 3.03. The van der Waals surface area contributed by atoms with E-state index in [9.17, 15) is 0 Å². The van der Waals surface area contributed by atoms with Gasteiger partial charge in [0.15, 0.2) is 0 Å². The molecule has 0 fully saturated rings. The number of fused-ring (bicyclic) bond motifs is 1. The Hall–Kier alpha value is -1.68. The molecule has 17 heavy (non-hydrogen) atoms. The lowest BCUT2D eigenvalue weighted by molar-refractivity contribution is 0.328. The van der Waals surface area contributed by atoms with Crippen molar-refractivity contribution in [3.63, 3.8) is 0 Å². The predicted molar refractivity (Wildman–Crippen MR) is 64.4 cm³/mol. The number of rotatable bonds is 1. The summed E-state index contributed by atoms with van der Waals surface area (Å²) in [4.78, 5) is 11.1. The quantitative estimate of drug-likeness (QED) is 0.751. The third kappa shape index (κ3) is 2.08. The van der Waals surface area contributed by atoms with Gasteiger partial charge in [0.05, 0.1) is 5.69 Å². The van der Waals surface area contributed by atoms with Crippen LogP contribution < -0.4 is 0 Å². The zero-order valence-electron chi connectivity index (χ0n) is 9.89. The van der Waals surface area contributed by atoms with Crippen LogP contribution in [0.1, 0.15) is 17.9 Å². The van der Waals surface area contributed by atoms with Crippen LogP contribution in [0.15, 0.2) is 28.8 Å². The van der Waals surface area contributed by atoms with Gasteiger partial charge in [-0.15, -0.1) is 0 Å². The molecule has 0 amide bonds. The molecule has 4 nitrogen and oxygen atoms in total. The van der Waals surface area contributed by atoms with Crippen LogP contribution >= 0.6 is 0 Å². The van der Waals surface area contributed by atoms with Gasteiger partial charge >= 0.3 is 0 Å². The minimum atomic E-state index is 0.644. The molecule has 0 atom stereocenters. The normalized spacial score (nSPS) is 16.5. The molecule has 0 aromatic carbocycles. The first kappa shape index (κ1) is 10.5. The van der Waals surface area contributed by atoms with E-state index in [1.54, 1.807) is 6.20 Å². The van der Waals surface area contributed by atoms with E-state index in [-0.39, 0.29) is 0 Å². The molecule has 1 aliphatic rings. The molecule has 0 unspecified atom stereocenters. The highest BCUT2D eigenvalue weighted by Gasteiger charge is 2.19. The average Bonchev–Trinajstić information content (AvgIpc) is 2.66. The van der Waals surface area contributed by atoms with Crippen molar-refractivity contribution in [1.29, 1.82) is 0 Å². The van der Waals surface area contributed by atoms with E-state index >= 15 is 0 Å². The van der Waals surface area contributed by atoms with Crippen molar-refractivity contribution >= 4 is 0 Å². The largest absolute Gasteiger partial charge is 0.440 e. The summed E-state index contributed by atoms with van der Waals surface area (Å²) in [5, 5.41) is 0. The number of aromatic nitrogens is 2. The number of hydrogen-bond donors (Lipinski definition) is 0. The fraction of sp³-hybridized carbons (Fsp3) is 0.385. The summed E-state index contributed by atoms with van der Waals surface area (Å²) in [6, 6.07) is 5.77. The van der Waals surface area contributed by atoms with Crippen molar-refractivity contribution in [2.45, 2.75) is 19.4 Å². The maximum Gasteiger partial charge on any atom is 0.245 e. The van der Waals surface area contributed by atoms with E-state index < -0.39 is 0 Å². The number of nitrogens with zero attached hydrogens (tertiary/aromatic N) is 3. The Morgan fingerprint density at radius 1 is 1.35 bits per heavy atom. The molecule has 88 valence electrons. The Kier molecular flexibility index (Phi) is 2.65. The molecular formula is C13H15N3O. The van der Waals surface area contributed by atoms with Crippen LogP contribution in [0.5, 0.6) is 0 Å². The van der Waals surface area contributed by atoms with Crippen molar-refractivity contribution < 1.29 is 4.42 Å². The van der Waals surface area contributed by atoms with E-state index in [4.69, 9.17) is 4.42 Å². The molecule has 1 aliphatic heterocycles. The molecular weight excluding hydrogens is 214 g/mol. The standard InChI is InChI=1S/C13H15N3O/c1-16-8-4-6-12-11(9-16)15-13(17-12)10-5-2-3-7-14-10/h2-3,5,7H,4,6,8-9H2,1H3. The van der Waals surface area contributed by atoms with Crippen LogP contribution in [-0.4, -0.2) is 28.5 Å². The Morgan fingerprint density at radius 3 is 3.12 bits per heavy atom. The second kappa shape index (κ2) is 4.30. The first-order valence-corrected chi connectivity index (χ1v) is 5.91. The maximum atomic E-state index is 5.82. The molecule has 0 bridgehead atoms. The van der Waals surface area contributed by atoms with Gasteiger partial charge in [-0.2, -0.15) is 0 Å². The molecule has 2 aromatic rings. The highest BCUT2D eigenvalue weighted by molar-refractivity contribution is 5.47. The number of pyridine rings is 1. The van der Waals surface area contributed by atoms with Gasteiger partial charge in [0.2, 0.25) is 5.89 Å². The fourth-order valence-corrected chi connectivity index (χ4v) is 2.15. The van der Waals surface area contributed by atoms with Crippen LogP contribution in [-0.2, 0) is 13.0 Å². The summed E-state index contributed by atoms with van der Waals surface area (Å²) in [7, 11) is 2.12. The Morgan fingerprint density at radius 2 is 2.29 bits per heavy atom. The summed E-state index contributed by atoms with van der Waals surface area (Å²) < 4.78 is 5.82. The van der Waals surface area contributed by atoms with Gasteiger partial charge in [-0.1, -0.05) is 6.07 Å². The Labute approximate surface area is 100 Å². The summed E-state index contributed by atoms with van der Waals surface area (Å²) in [6.45, 7) is 1.97. The molecule has 0 saturated heterocycles. The van der Waals surface area contributed by atoms with E-state index in [1.165, 1.54) is 0 Å². The maximum absolute atomic E-state index is 5.82. The molecule has 3 heterocycles. The van der Waals surface area contributed by atoms with Crippen LogP contribution in [0.3, 0.4) is 0 Å². The number of aryl methyl sites for hydroxylation is 1. The van der Waals surface area contributed by atoms with Crippen molar-refractivity contribution in [2.75, 3.05) is 13.6 Å². The highest BCUT2D eigenvalue weighted by atomic mass is 16.4. The zero-order chi connectivity index (χ0) is 11.7. The monoisotopic (exact) mass is 229 g/mol. The Balaban J connectivity index is 1.97.